The molecule has 10 nitrogen and oxygen atoms in total. The first-order valence-electron chi connectivity index (χ1n) is 10.6. The minimum atomic E-state index is -0.655. The number of aromatic hydroxyl groups is 2. The van der Waals surface area contributed by atoms with Gasteiger partial charge in [-0.05, 0) is 5.56 Å². The Labute approximate surface area is 191 Å². The number of hydroxylamine groups is 1. The third-order valence-electron chi connectivity index (χ3n) is 5.62. The summed E-state index contributed by atoms with van der Waals surface area (Å²) >= 11 is 0. The van der Waals surface area contributed by atoms with E-state index in [-0.39, 0.29) is 23.4 Å². The molecule has 1 atom stereocenters. The first kappa shape index (κ1) is 22.3. The number of aromatic nitrogens is 3. The molecule has 4 N–H and O–H groups in total. The van der Waals surface area contributed by atoms with Gasteiger partial charge in [0.25, 0.3) is 5.91 Å². The van der Waals surface area contributed by atoms with Gasteiger partial charge in [-0.1, -0.05) is 42.5 Å². The molecule has 2 aromatic heterocycles. The van der Waals surface area contributed by atoms with Crippen molar-refractivity contribution in [3.8, 4) is 11.8 Å². The van der Waals surface area contributed by atoms with Crippen LogP contribution in [0.3, 0.4) is 0 Å². The number of anilines is 1. The Bertz CT molecular complexity index is 1070. The predicted molar refractivity (Wildman–Crippen MR) is 122 cm³/mol. The third kappa shape index (κ3) is 5.30. The van der Waals surface area contributed by atoms with E-state index in [1.165, 1.54) is 29.1 Å². The van der Waals surface area contributed by atoms with Crippen molar-refractivity contribution in [2.24, 2.45) is 0 Å². The second kappa shape index (κ2) is 10.2. The van der Waals surface area contributed by atoms with Crippen LogP contribution < -0.4 is 10.4 Å². The molecule has 1 unspecified atom stereocenters. The van der Waals surface area contributed by atoms with Crippen molar-refractivity contribution < 1.29 is 20.2 Å². The van der Waals surface area contributed by atoms with Crippen LogP contribution in [0.15, 0.2) is 60.9 Å². The summed E-state index contributed by atoms with van der Waals surface area (Å²) in [7, 11) is 0. The lowest BCUT2D eigenvalue weighted by molar-refractivity contribution is 0.0705. The maximum absolute atomic E-state index is 11.4. The van der Waals surface area contributed by atoms with Gasteiger partial charge in [0.15, 0.2) is 11.8 Å². The molecular weight excluding hydrogens is 424 g/mol. The van der Waals surface area contributed by atoms with Crippen LogP contribution in [0, 0.1) is 0 Å². The standard InChI is InChI=1S/C23H26N6O4/c30-20-8-9-21(31)29(20)19(7-6-17-4-2-1-3-5-17)16-27-10-12-28(13-11-27)23-24-14-18(15-25-23)22(32)26-33/h1-9,14-15,19,30-31,33H,10-13,16H2,(H,26,32). The van der Waals surface area contributed by atoms with Crippen molar-refractivity contribution in [1.82, 2.24) is 24.9 Å². The molecule has 0 bridgehead atoms. The number of amides is 1. The number of hydrogen-bond donors (Lipinski definition) is 4. The lowest BCUT2D eigenvalue weighted by Gasteiger charge is -2.36. The number of carbonyl (C=O) groups is 1. The molecule has 3 aromatic rings. The molecule has 33 heavy (non-hydrogen) atoms. The largest absolute Gasteiger partial charge is 0.494 e. The van der Waals surface area contributed by atoms with Gasteiger partial charge in [-0.25, -0.2) is 15.4 Å². The van der Waals surface area contributed by atoms with E-state index >= 15 is 0 Å². The van der Waals surface area contributed by atoms with Gasteiger partial charge in [0.1, 0.15) is 0 Å². The molecule has 1 aliphatic heterocycles. The number of hydrogen-bond acceptors (Lipinski definition) is 8. The molecule has 172 valence electrons. The van der Waals surface area contributed by atoms with E-state index in [2.05, 4.69) is 14.9 Å². The van der Waals surface area contributed by atoms with E-state index in [4.69, 9.17) is 5.21 Å². The minimum absolute atomic E-state index is 0.00857. The van der Waals surface area contributed by atoms with Gasteiger partial charge < -0.3 is 15.1 Å². The number of rotatable bonds is 7. The molecule has 10 heteroatoms. The number of nitrogens with one attached hydrogen (secondary N) is 1. The fourth-order valence-electron chi connectivity index (χ4n) is 3.84. The van der Waals surface area contributed by atoms with Gasteiger partial charge in [0.05, 0.1) is 11.6 Å². The monoisotopic (exact) mass is 450 g/mol. The zero-order chi connectivity index (χ0) is 23.2. The highest BCUT2D eigenvalue weighted by Gasteiger charge is 2.23. The van der Waals surface area contributed by atoms with E-state index in [0.717, 1.165) is 18.7 Å². The van der Waals surface area contributed by atoms with E-state index in [1.807, 2.05) is 47.4 Å². The van der Waals surface area contributed by atoms with Gasteiger partial charge in [0, 0.05) is 57.3 Å². The van der Waals surface area contributed by atoms with Crippen molar-refractivity contribution in [1.29, 1.82) is 0 Å². The van der Waals surface area contributed by atoms with Crippen molar-refractivity contribution in [2.45, 2.75) is 6.04 Å². The smallest absolute Gasteiger partial charge is 0.277 e. The summed E-state index contributed by atoms with van der Waals surface area (Å²) in [6.45, 7) is 3.44. The van der Waals surface area contributed by atoms with Crippen molar-refractivity contribution >= 4 is 17.9 Å². The van der Waals surface area contributed by atoms with Crippen molar-refractivity contribution in [2.75, 3.05) is 37.6 Å². The Balaban J connectivity index is 1.42. The second-order valence-corrected chi connectivity index (χ2v) is 7.76. The topological polar surface area (TPSA) is 127 Å². The molecule has 0 aliphatic carbocycles. The average molecular weight is 450 g/mol. The SMILES string of the molecule is O=C(NO)c1cnc(N2CCN(CC(C=Cc3ccccc3)n3c(O)ccc3O)CC2)nc1. The molecular formula is C23H26N6O4. The fourth-order valence-corrected chi connectivity index (χ4v) is 3.84. The molecule has 3 heterocycles. The molecule has 0 saturated carbocycles. The van der Waals surface area contributed by atoms with Crippen LogP contribution in [-0.2, 0) is 0 Å². The van der Waals surface area contributed by atoms with Crippen LogP contribution in [0.5, 0.6) is 11.8 Å². The molecule has 1 aromatic carbocycles. The zero-order valence-electron chi connectivity index (χ0n) is 17.9. The first-order valence-corrected chi connectivity index (χ1v) is 10.6. The fraction of sp³-hybridized carbons (Fsp3) is 0.261. The van der Waals surface area contributed by atoms with Crippen LogP contribution in [0.2, 0.25) is 0 Å². The Kier molecular flexibility index (Phi) is 6.86. The quantitative estimate of drug-likeness (QED) is 0.318. The molecule has 1 fully saturated rings. The van der Waals surface area contributed by atoms with Gasteiger partial charge in [0.2, 0.25) is 5.95 Å². The Morgan fingerprint density at radius 2 is 1.64 bits per heavy atom. The average Bonchev–Trinajstić information content (AvgIpc) is 3.20. The molecule has 0 radical (unpaired) electrons. The highest BCUT2D eigenvalue weighted by Crippen LogP contribution is 2.29. The maximum Gasteiger partial charge on any atom is 0.277 e. The second-order valence-electron chi connectivity index (χ2n) is 7.76. The summed E-state index contributed by atoms with van der Waals surface area (Å²) in [4.78, 5) is 24.2. The molecule has 1 amide bonds. The van der Waals surface area contributed by atoms with Crippen LogP contribution in [-0.4, -0.2) is 73.5 Å². The summed E-state index contributed by atoms with van der Waals surface area (Å²) in [5, 5.41) is 29.3. The Morgan fingerprint density at radius 3 is 2.24 bits per heavy atom. The summed E-state index contributed by atoms with van der Waals surface area (Å²) in [5.41, 5.74) is 2.78. The Morgan fingerprint density at radius 1 is 1.00 bits per heavy atom. The molecule has 4 rings (SSSR count). The van der Waals surface area contributed by atoms with Crippen LogP contribution in [0.4, 0.5) is 5.95 Å². The molecule has 1 aliphatic rings. The highest BCUT2D eigenvalue weighted by molar-refractivity contribution is 5.92. The summed E-state index contributed by atoms with van der Waals surface area (Å²) in [5.74, 6) is -0.119. The summed E-state index contributed by atoms with van der Waals surface area (Å²) in [6.07, 6.45) is 6.72. The van der Waals surface area contributed by atoms with Gasteiger partial charge in [-0.2, -0.15) is 0 Å². The van der Waals surface area contributed by atoms with E-state index in [0.29, 0.717) is 25.6 Å². The number of nitrogens with zero attached hydrogens (tertiary/aromatic N) is 5. The summed E-state index contributed by atoms with van der Waals surface area (Å²) < 4.78 is 1.51. The van der Waals surface area contributed by atoms with Crippen molar-refractivity contribution in [3.63, 3.8) is 0 Å². The normalized spacial score (nSPS) is 15.6. The van der Waals surface area contributed by atoms with Gasteiger partial charge >= 0.3 is 0 Å². The van der Waals surface area contributed by atoms with E-state index < -0.39 is 5.91 Å². The van der Waals surface area contributed by atoms with Crippen LogP contribution >= 0.6 is 0 Å². The third-order valence-corrected chi connectivity index (χ3v) is 5.62. The number of benzene rings is 1. The van der Waals surface area contributed by atoms with E-state index in [1.54, 1.807) is 5.48 Å². The predicted octanol–water partition coefficient (Wildman–Crippen LogP) is 1.88. The Hall–Kier alpha value is -3.89. The lowest BCUT2D eigenvalue weighted by atomic mass is 10.1. The van der Waals surface area contributed by atoms with Gasteiger partial charge in [-0.15, -0.1) is 0 Å². The van der Waals surface area contributed by atoms with E-state index in [9.17, 15) is 15.0 Å². The number of piperazine rings is 1. The molecule has 1 saturated heterocycles. The minimum Gasteiger partial charge on any atom is -0.494 e. The first-order chi connectivity index (χ1) is 16.0. The summed E-state index contributed by atoms with van der Waals surface area (Å²) in [6, 6.07) is 12.6. The molecule has 0 spiro atoms. The maximum atomic E-state index is 11.4. The number of carbonyl (C=O) groups excluding carboxylic acids is 1. The van der Waals surface area contributed by atoms with Crippen molar-refractivity contribution in [3.05, 3.63) is 72.1 Å². The highest BCUT2D eigenvalue weighted by atomic mass is 16.5. The van der Waals surface area contributed by atoms with Crippen LogP contribution in [0.25, 0.3) is 6.08 Å². The lowest BCUT2D eigenvalue weighted by Crippen LogP contribution is -2.48. The van der Waals surface area contributed by atoms with Crippen LogP contribution in [0.1, 0.15) is 22.0 Å². The zero-order valence-corrected chi connectivity index (χ0v) is 17.9. The van der Waals surface area contributed by atoms with Gasteiger partial charge in [-0.3, -0.25) is 19.5 Å².